The van der Waals surface area contributed by atoms with E-state index in [0.717, 1.165) is 16.8 Å². The predicted molar refractivity (Wildman–Crippen MR) is 107 cm³/mol. The molecule has 0 amide bonds. The molecule has 3 rings (SSSR count). The van der Waals surface area contributed by atoms with Crippen LogP contribution in [0.2, 0.25) is 0 Å². The van der Waals surface area contributed by atoms with Gasteiger partial charge in [0, 0.05) is 17.7 Å². The van der Waals surface area contributed by atoms with Crippen molar-refractivity contribution in [2.45, 2.75) is 26.3 Å². The van der Waals surface area contributed by atoms with Gasteiger partial charge in [-0.15, -0.1) is 0 Å². The van der Waals surface area contributed by atoms with E-state index in [2.05, 4.69) is 36.4 Å². The van der Waals surface area contributed by atoms with E-state index in [1.165, 1.54) is 23.4 Å². The Kier molecular flexibility index (Phi) is 5.80. The Bertz CT molecular complexity index is 929. The van der Waals surface area contributed by atoms with Crippen LogP contribution in [0.3, 0.4) is 0 Å². The first-order chi connectivity index (χ1) is 12.7. The second-order valence-electron chi connectivity index (χ2n) is 6.28. The molecule has 0 saturated carbocycles. The van der Waals surface area contributed by atoms with Crippen molar-refractivity contribution in [3.63, 3.8) is 0 Å². The Labute approximate surface area is 154 Å². The van der Waals surface area contributed by atoms with E-state index < -0.39 is 0 Å². The maximum atomic E-state index is 11.6. The first kappa shape index (κ1) is 17.9. The molecule has 0 aliphatic carbocycles. The van der Waals surface area contributed by atoms with E-state index in [4.69, 9.17) is 9.73 Å². The second-order valence-corrected chi connectivity index (χ2v) is 6.28. The average Bonchev–Trinajstić information content (AvgIpc) is 2.70. The summed E-state index contributed by atoms with van der Waals surface area (Å²) in [6, 6.07) is 22.7. The van der Waals surface area contributed by atoms with Gasteiger partial charge >= 0.3 is 5.97 Å². The van der Waals surface area contributed by atoms with Crippen LogP contribution in [0.25, 0.3) is 10.8 Å². The molecule has 0 aromatic heterocycles. The Morgan fingerprint density at radius 1 is 0.962 bits per heavy atom. The van der Waals surface area contributed by atoms with Gasteiger partial charge in [0.25, 0.3) is 0 Å². The van der Waals surface area contributed by atoms with Crippen molar-refractivity contribution >= 4 is 22.5 Å². The van der Waals surface area contributed by atoms with Gasteiger partial charge in [0.1, 0.15) is 0 Å². The zero-order valence-corrected chi connectivity index (χ0v) is 15.2. The highest BCUT2D eigenvalue weighted by Gasteiger charge is 2.12. The highest BCUT2D eigenvalue weighted by molar-refractivity contribution is 6.11. The fourth-order valence-corrected chi connectivity index (χ4v) is 3.16. The summed E-state index contributed by atoms with van der Waals surface area (Å²) in [5.74, 6) is -0.192. The van der Waals surface area contributed by atoms with Crippen molar-refractivity contribution < 1.29 is 9.53 Å². The number of ether oxygens (including phenoxy) is 1. The van der Waals surface area contributed by atoms with Crippen LogP contribution in [-0.2, 0) is 22.5 Å². The number of carbonyl (C=O) groups is 1. The lowest BCUT2D eigenvalue weighted by atomic mass is 9.93. The zero-order valence-electron chi connectivity index (χ0n) is 15.2. The fourth-order valence-electron chi connectivity index (χ4n) is 3.16. The Morgan fingerprint density at radius 3 is 2.46 bits per heavy atom. The van der Waals surface area contributed by atoms with Crippen LogP contribution < -0.4 is 0 Å². The molecule has 0 aliphatic heterocycles. The molecule has 0 saturated heterocycles. The molecule has 0 aliphatic rings. The third-order valence-electron chi connectivity index (χ3n) is 4.54. The molecule has 0 unspecified atom stereocenters. The van der Waals surface area contributed by atoms with Crippen LogP contribution in [0.5, 0.6) is 0 Å². The van der Waals surface area contributed by atoms with Crippen LogP contribution in [0.15, 0.2) is 71.7 Å². The quantitative estimate of drug-likeness (QED) is 0.468. The number of hydrogen-bond donors (Lipinski definition) is 0. The zero-order chi connectivity index (χ0) is 18.4. The Morgan fingerprint density at radius 2 is 1.69 bits per heavy atom. The summed E-state index contributed by atoms with van der Waals surface area (Å²) in [7, 11) is 1.43. The maximum absolute atomic E-state index is 11.6. The average molecular weight is 345 g/mol. The van der Waals surface area contributed by atoms with Crippen molar-refractivity contribution in [1.82, 2.24) is 0 Å². The van der Waals surface area contributed by atoms with E-state index in [1.807, 2.05) is 37.3 Å². The lowest BCUT2D eigenvalue weighted by molar-refractivity contribution is -0.140. The number of rotatable bonds is 6. The molecule has 0 heterocycles. The van der Waals surface area contributed by atoms with Crippen molar-refractivity contribution in [2.75, 3.05) is 7.11 Å². The van der Waals surface area contributed by atoms with Gasteiger partial charge in [-0.05, 0) is 35.2 Å². The minimum absolute atomic E-state index is 0.192. The van der Waals surface area contributed by atoms with Crippen LogP contribution in [-0.4, -0.2) is 18.8 Å². The van der Waals surface area contributed by atoms with Gasteiger partial charge in [-0.3, -0.25) is 9.79 Å². The van der Waals surface area contributed by atoms with E-state index in [-0.39, 0.29) is 5.97 Å². The van der Waals surface area contributed by atoms with Crippen LogP contribution in [0.4, 0.5) is 0 Å². The highest BCUT2D eigenvalue weighted by atomic mass is 16.5. The van der Waals surface area contributed by atoms with Crippen LogP contribution in [0.1, 0.15) is 30.0 Å². The summed E-state index contributed by atoms with van der Waals surface area (Å²) in [5, 5.41) is 2.35. The number of esters is 1. The molecule has 0 bridgehead atoms. The summed E-state index contributed by atoms with van der Waals surface area (Å²) in [6.07, 6.45) is 1.01. The third-order valence-corrected chi connectivity index (χ3v) is 4.54. The van der Waals surface area contributed by atoms with Crippen molar-refractivity contribution in [2.24, 2.45) is 4.99 Å². The number of methoxy groups -OCH3 is 1. The monoisotopic (exact) mass is 345 g/mol. The number of hydrogen-bond acceptors (Lipinski definition) is 3. The highest BCUT2D eigenvalue weighted by Crippen LogP contribution is 2.25. The molecule has 0 atom stereocenters. The molecule has 26 heavy (non-hydrogen) atoms. The molecule has 0 radical (unpaired) electrons. The SMILES string of the molecule is COC(=O)CCc1ccc2ccccc2c1C(C)=NCc1ccccc1. The van der Waals surface area contributed by atoms with Crippen LogP contribution >= 0.6 is 0 Å². The Balaban J connectivity index is 1.98. The first-order valence-electron chi connectivity index (χ1n) is 8.82. The van der Waals surface area contributed by atoms with Gasteiger partial charge in [0.05, 0.1) is 13.7 Å². The molecule has 3 aromatic carbocycles. The predicted octanol–water partition coefficient (Wildman–Crippen LogP) is 4.95. The third kappa shape index (κ3) is 4.17. The van der Waals surface area contributed by atoms with Gasteiger partial charge in [-0.25, -0.2) is 0 Å². The summed E-state index contributed by atoms with van der Waals surface area (Å²) in [6.45, 7) is 2.69. The van der Waals surface area contributed by atoms with E-state index in [1.54, 1.807) is 0 Å². The lowest BCUT2D eigenvalue weighted by Crippen LogP contribution is -2.07. The summed E-state index contributed by atoms with van der Waals surface area (Å²) in [5.41, 5.74) is 4.43. The van der Waals surface area contributed by atoms with E-state index >= 15 is 0 Å². The van der Waals surface area contributed by atoms with Crippen LogP contribution in [0, 0.1) is 0 Å². The molecule has 0 fully saturated rings. The van der Waals surface area contributed by atoms with Gasteiger partial charge < -0.3 is 4.74 Å². The molecule has 3 heteroatoms. The van der Waals surface area contributed by atoms with Crippen molar-refractivity contribution in [3.05, 3.63) is 83.4 Å². The minimum atomic E-state index is -0.192. The number of fused-ring (bicyclic) bond motifs is 1. The van der Waals surface area contributed by atoms with Gasteiger partial charge in [-0.1, -0.05) is 66.7 Å². The summed E-state index contributed by atoms with van der Waals surface area (Å²) >= 11 is 0. The number of aliphatic imine (C=N–C) groups is 1. The molecule has 0 spiro atoms. The smallest absolute Gasteiger partial charge is 0.305 e. The molecule has 3 aromatic rings. The maximum Gasteiger partial charge on any atom is 0.305 e. The van der Waals surface area contributed by atoms with E-state index in [0.29, 0.717) is 19.4 Å². The molecule has 132 valence electrons. The van der Waals surface area contributed by atoms with E-state index in [9.17, 15) is 4.79 Å². The number of aryl methyl sites for hydroxylation is 1. The standard InChI is InChI=1S/C23H23NO2/c1-17(24-16-18-8-4-3-5-9-18)23-20(14-15-22(25)26-2)13-12-19-10-6-7-11-21(19)23/h3-13H,14-16H2,1-2H3. The normalized spacial score (nSPS) is 11.5. The molecule has 0 N–H and O–H groups in total. The van der Waals surface area contributed by atoms with Gasteiger partial charge in [0.15, 0.2) is 0 Å². The largest absolute Gasteiger partial charge is 0.469 e. The summed E-state index contributed by atoms with van der Waals surface area (Å²) in [4.78, 5) is 16.4. The van der Waals surface area contributed by atoms with Crippen molar-refractivity contribution in [3.8, 4) is 0 Å². The number of benzene rings is 3. The molecular formula is C23H23NO2. The topological polar surface area (TPSA) is 38.7 Å². The lowest BCUT2D eigenvalue weighted by Gasteiger charge is -2.13. The second kappa shape index (κ2) is 8.43. The van der Waals surface area contributed by atoms with Gasteiger partial charge in [0.2, 0.25) is 0 Å². The van der Waals surface area contributed by atoms with Gasteiger partial charge in [-0.2, -0.15) is 0 Å². The summed E-state index contributed by atoms with van der Waals surface area (Å²) < 4.78 is 4.80. The first-order valence-corrected chi connectivity index (χ1v) is 8.82. The Hall–Kier alpha value is -2.94. The number of carbonyl (C=O) groups excluding carboxylic acids is 1. The molecular weight excluding hydrogens is 322 g/mol. The van der Waals surface area contributed by atoms with Crippen molar-refractivity contribution in [1.29, 1.82) is 0 Å². The molecule has 3 nitrogen and oxygen atoms in total. The minimum Gasteiger partial charge on any atom is -0.469 e. The number of nitrogens with zero attached hydrogens (tertiary/aromatic N) is 1. The fraction of sp³-hybridized carbons (Fsp3) is 0.217.